The van der Waals surface area contributed by atoms with E-state index >= 15 is 0 Å². The highest BCUT2D eigenvalue weighted by atomic mass is 35.5. The topological polar surface area (TPSA) is 54.7 Å². The number of hydrogen-bond acceptors (Lipinski definition) is 3. The van der Waals surface area contributed by atoms with E-state index in [1.165, 1.54) is 5.56 Å². The number of benzene rings is 1. The molecular weight excluding hydrogens is 302 g/mol. The molecule has 0 unspecified atom stereocenters. The van der Waals surface area contributed by atoms with Crippen LogP contribution in [0.2, 0.25) is 5.02 Å². The van der Waals surface area contributed by atoms with Crippen LogP contribution < -0.4 is 5.73 Å². The molecule has 0 fully saturated rings. The highest BCUT2D eigenvalue weighted by Gasteiger charge is 2.17. The van der Waals surface area contributed by atoms with E-state index in [0.29, 0.717) is 16.8 Å². The Kier molecular flexibility index (Phi) is 3.74. The maximum atomic E-state index is 6.23. The Balaban J connectivity index is 2.10. The molecule has 0 amide bonds. The van der Waals surface area contributed by atoms with Gasteiger partial charge in [0.25, 0.3) is 0 Å². The minimum absolute atomic E-state index is 0.492. The molecule has 108 valence electrons. The van der Waals surface area contributed by atoms with E-state index in [-0.39, 0.29) is 0 Å². The molecule has 0 aliphatic rings. The van der Waals surface area contributed by atoms with Crippen molar-refractivity contribution in [2.75, 3.05) is 5.73 Å². The van der Waals surface area contributed by atoms with Gasteiger partial charge in [0.15, 0.2) is 5.82 Å². The average Bonchev–Trinajstić information content (AvgIpc) is 3.04. The number of halogens is 1. The number of anilines is 1. The Morgan fingerprint density at radius 3 is 2.48 bits per heavy atom. The summed E-state index contributed by atoms with van der Waals surface area (Å²) in [5.74, 6) is 0.999. The molecule has 2 aromatic heterocycles. The maximum Gasteiger partial charge on any atom is 0.153 e. The van der Waals surface area contributed by atoms with Gasteiger partial charge in [-0.3, -0.25) is 5.10 Å². The Morgan fingerprint density at radius 2 is 1.90 bits per heavy atom. The number of aromatic nitrogens is 2. The van der Waals surface area contributed by atoms with Gasteiger partial charge in [-0.1, -0.05) is 49.7 Å². The summed E-state index contributed by atoms with van der Waals surface area (Å²) in [6.07, 6.45) is 0. The molecule has 3 nitrogen and oxygen atoms in total. The van der Waals surface area contributed by atoms with E-state index in [0.717, 1.165) is 21.7 Å². The first-order valence-corrected chi connectivity index (χ1v) is 8.01. The molecule has 0 atom stereocenters. The van der Waals surface area contributed by atoms with Crippen LogP contribution in [0.4, 0.5) is 5.82 Å². The molecule has 0 saturated heterocycles. The van der Waals surface area contributed by atoms with Gasteiger partial charge < -0.3 is 5.73 Å². The molecule has 3 aromatic rings. The number of nitrogens with one attached hydrogen (secondary N) is 1. The van der Waals surface area contributed by atoms with E-state index in [4.69, 9.17) is 17.3 Å². The minimum Gasteiger partial charge on any atom is -0.382 e. The monoisotopic (exact) mass is 317 g/mol. The summed E-state index contributed by atoms with van der Waals surface area (Å²) in [6, 6.07) is 10.3. The van der Waals surface area contributed by atoms with Crippen LogP contribution in [0.15, 0.2) is 35.7 Å². The molecule has 0 radical (unpaired) electrons. The highest BCUT2D eigenvalue weighted by molar-refractivity contribution is 7.14. The van der Waals surface area contributed by atoms with Crippen molar-refractivity contribution in [3.05, 3.63) is 46.3 Å². The second-order valence-electron chi connectivity index (χ2n) is 5.23. The van der Waals surface area contributed by atoms with Gasteiger partial charge in [-0.25, -0.2) is 0 Å². The van der Waals surface area contributed by atoms with Crippen LogP contribution in [0.25, 0.3) is 21.7 Å². The third-order valence-electron chi connectivity index (χ3n) is 3.50. The van der Waals surface area contributed by atoms with E-state index in [1.807, 2.05) is 11.4 Å². The molecule has 2 heterocycles. The van der Waals surface area contributed by atoms with E-state index < -0.39 is 0 Å². The number of aromatic amines is 1. The zero-order valence-corrected chi connectivity index (χ0v) is 13.4. The van der Waals surface area contributed by atoms with Crippen LogP contribution in [-0.4, -0.2) is 10.2 Å². The van der Waals surface area contributed by atoms with Crippen molar-refractivity contribution in [3.63, 3.8) is 0 Å². The first-order valence-electron chi connectivity index (χ1n) is 6.75. The summed E-state index contributed by atoms with van der Waals surface area (Å²) >= 11 is 7.81. The number of hydrogen-bond donors (Lipinski definition) is 2. The lowest BCUT2D eigenvalue weighted by atomic mass is 9.98. The Bertz CT molecular complexity index is 756. The number of rotatable bonds is 3. The fourth-order valence-corrected chi connectivity index (χ4v) is 3.47. The molecule has 0 saturated carbocycles. The molecule has 3 rings (SSSR count). The average molecular weight is 318 g/mol. The van der Waals surface area contributed by atoms with Gasteiger partial charge in [0.05, 0.1) is 21.2 Å². The van der Waals surface area contributed by atoms with Crippen LogP contribution in [-0.2, 0) is 0 Å². The van der Waals surface area contributed by atoms with Crippen molar-refractivity contribution < 1.29 is 0 Å². The number of nitrogen functional groups attached to an aromatic ring is 1. The standard InChI is InChI=1S/C16H16ClN3S/c1-9(2)10-3-5-11(6-4-10)13-14(19-20-16(13)18)15-12(17)7-8-21-15/h3-9H,1-2H3,(H3,18,19,20). The molecule has 3 N–H and O–H groups in total. The minimum atomic E-state index is 0.492. The van der Waals surface area contributed by atoms with Crippen molar-refractivity contribution >= 4 is 28.8 Å². The normalized spacial score (nSPS) is 11.2. The lowest BCUT2D eigenvalue weighted by Crippen LogP contribution is -1.90. The number of H-pyrrole nitrogens is 1. The highest BCUT2D eigenvalue weighted by Crippen LogP contribution is 2.40. The predicted octanol–water partition coefficient (Wildman–Crippen LogP) is 5.16. The quantitative estimate of drug-likeness (QED) is 0.700. The third-order valence-corrected chi connectivity index (χ3v) is 4.86. The van der Waals surface area contributed by atoms with Crippen molar-refractivity contribution in [1.29, 1.82) is 0 Å². The van der Waals surface area contributed by atoms with Crippen LogP contribution in [0.1, 0.15) is 25.3 Å². The van der Waals surface area contributed by atoms with Gasteiger partial charge in [-0.15, -0.1) is 11.3 Å². The van der Waals surface area contributed by atoms with Crippen LogP contribution in [0.3, 0.4) is 0 Å². The Hall–Kier alpha value is -1.78. The van der Waals surface area contributed by atoms with Gasteiger partial charge in [-0.05, 0) is 28.5 Å². The van der Waals surface area contributed by atoms with Gasteiger partial charge in [0.1, 0.15) is 0 Å². The molecule has 1 aromatic carbocycles. The summed E-state index contributed by atoms with van der Waals surface area (Å²) < 4.78 is 0. The van der Waals surface area contributed by atoms with Gasteiger partial charge >= 0.3 is 0 Å². The third kappa shape index (κ3) is 2.57. The predicted molar refractivity (Wildman–Crippen MR) is 90.8 cm³/mol. The largest absolute Gasteiger partial charge is 0.382 e. The van der Waals surface area contributed by atoms with Gasteiger partial charge in [0.2, 0.25) is 0 Å². The first kappa shape index (κ1) is 14.2. The first-order chi connectivity index (χ1) is 10.1. The van der Waals surface area contributed by atoms with E-state index in [2.05, 4.69) is 48.3 Å². The molecule has 0 aliphatic carbocycles. The van der Waals surface area contributed by atoms with Crippen LogP contribution in [0, 0.1) is 0 Å². The summed E-state index contributed by atoms with van der Waals surface area (Å²) in [4.78, 5) is 0.962. The molecule has 0 spiro atoms. The summed E-state index contributed by atoms with van der Waals surface area (Å²) in [7, 11) is 0. The van der Waals surface area contributed by atoms with Gasteiger partial charge in [0, 0.05) is 0 Å². The van der Waals surface area contributed by atoms with Crippen molar-refractivity contribution in [2.45, 2.75) is 19.8 Å². The number of thiophene rings is 1. The smallest absolute Gasteiger partial charge is 0.153 e. The molecular formula is C16H16ClN3S. The van der Waals surface area contributed by atoms with Crippen molar-refractivity contribution in [3.8, 4) is 21.7 Å². The zero-order valence-electron chi connectivity index (χ0n) is 11.9. The van der Waals surface area contributed by atoms with E-state index in [1.54, 1.807) is 11.3 Å². The fourth-order valence-electron chi connectivity index (χ4n) is 2.32. The van der Waals surface area contributed by atoms with Gasteiger partial charge in [-0.2, -0.15) is 5.10 Å². The lowest BCUT2D eigenvalue weighted by molar-refractivity contribution is 0.867. The van der Waals surface area contributed by atoms with Crippen LogP contribution >= 0.6 is 22.9 Å². The summed E-state index contributed by atoms with van der Waals surface area (Å²) in [6.45, 7) is 4.36. The number of nitrogens with zero attached hydrogens (tertiary/aromatic N) is 1. The molecule has 0 aliphatic heterocycles. The zero-order chi connectivity index (χ0) is 15.0. The van der Waals surface area contributed by atoms with Crippen molar-refractivity contribution in [1.82, 2.24) is 10.2 Å². The van der Waals surface area contributed by atoms with Crippen molar-refractivity contribution in [2.24, 2.45) is 0 Å². The second kappa shape index (κ2) is 5.54. The van der Waals surface area contributed by atoms with Crippen LogP contribution in [0.5, 0.6) is 0 Å². The second-order valence-corrected chi connectivity index (χ2v) is 6.56. The van der Waals surface area contributed by atoms with E-state index in [9.17, 15) is 0 Å². The maximum absolute atomic E-state index is 6.23. The summed E-state index contributed by atoms with van der Waals surface area (Å²) in [5.41, 5.74) is 10.2. The Labute approximate surface area is 132 Å². The molecule has 0 bridgehead atoms. The lowest BCUT2D eigenvalue weighted by Gasteiger charge is -2.08. The number of nitrogens with two attached hydrogens (primary N) is 1. The Morgan fingerprint density at radius 1 is 1.19 bits per heavy atom. The fraction of sp³-hybridized carbons (Fsp3) is 0.188. The summed E-state index contributed by atoms with van der Waals surface area (Å²) in [5, 5.41) is 9.82. The molecule has 21 heavy (non-hydrogen) atoms. The molecule has 5 heteroatoms. The SMILES string of the molecule is CC(C)c1ccc(-c2c(N)n[nH]c2-c2sccc2Cl)cc1.